The highest BCUT2D eigenvalue weighted by atomic mass is 32.2. The van der Waals surface area contributed by atoms with E-state index in [1.165, 1.54) is 17.6 Å². The molecular formula is C19H16N2O3S2. The summed E-state index contributed by atoms with van der Waals surface area (Å²) in [4.78, 5) is 28.7. The Kier molecular flexibility index (Phi) is 4.81. The molecule has 2 aromatic heterocycles. The molecule has 0 atom stereocenters. The van der Waals surface area contributed by atoms with Gasteiger partial charge in [-0.1, -0.05) is 12.1 Å². The predicted molar refractivity (Wildman–Crippen MR) is 104 cm³/mol. The second-order valence-corrected chi connectivity index (χ2v) is 7.94. The lowest BCUT2D eigenvalue weighted by Crippen LogP contribution is -2.31. The van der Waals surface area contributed by atoms with Crippen molar-refractivity contribution in [3.8, 4) is 0 Å². The summed E-state index contributed by atoms with van der Waals surface area (Å²) in [5, 5.41) is 3.38. The Balaban J connectivity index is 1.54. The number of thioether (sulfide) groups is 1. The van der Waals surface area contributed by atoms with Gasteiger partial charge in [0, 0.05) is 11.4 Å². The highest BCUT2D eigenvalue weighted by molar-refractivity contribution is 7.99. The quantitative estimate of drug-likeness (QED) is 0.709. The van der Waals surface area contributed by atoms with Crippen LogP contribution in [0.15, 0.2) is 64.1 Å². The van der Waals surface area contributed by atoms with Crippen LogP contribution in [0.4, 0.5) is 10.7 Å². The van der Waals surface area contributed by atoms with Crippen molar-refractivity contribution in [1.29, 1.82) is 0 Å². The van der Waals surface area contributed by atoms with Gasteiger partial charge in [-0.25, -0.2) is 0 Å². The minimum atomic E-state index is -0.327. The van der Waals surface area contributed by atoms with E-state index < -0.39 is 0 Å². The van der Waals surface area contributed by atoms with E-state index in [0.717, 1.165) is 22.8 Å². The number of hydrogen-bond acceptors (Lipinski definition) is 5. The summed E-state index contributed by atoms with van der Waals surface area (Å²) in [5.74, 6) is 0.871. The molecule has 5 nitrogen and oxygen atoms in total. The molecule has 1 aromatic carbocycles. The van der Waals surface area contributed by atoms with Crippen molar-refractivity contribution in [3.05, 3.63) is 65.4 Å². The fourth-order valence-corrected chi connectivity index (χ4v) is 4.62. The Morgan fingerprint density at radius 2 is 1.96 bits per heavy atom. The fraction of sp³-hybridized carbons (Fsp3) is 0.158. The maximum Gasteiger partial charge on any atom is 0.291 e. The zero-order valence-electron chi connectivity index (χ0n) is 13.8. The molecule has 3 heterocycles. The summed E-state index contributed by atoms with van der Waals surface area (Å²) < 4.78 is 5.08. The number of benzene rings is 1. The van der Waals surface area contributed by atoms with Crippen LogP contribution >= 0.6 is 23.1 Å². The van der Waals surface area contributed by atoms with Gasteiger partial charge < -0.3 is 14.6 Å². The van der Waals surface area contributed by atoms with Crippen molar-refractivity contribution in [2.45, 2.75) is 11.3 Å². The van der Waals surface area contributed by atoms with E-state index in [2.05, 4.69) is 11.4 Å². The van der Waals surface area contributed by atoms with Crippen LogP contribution < -0.4 is 10.2 Å². The molecule has 0 radical (unpaired) electrons. The van der Waals surface area contributed by atoms with Crippen molar-refractivity contribution in [3.63, 3.8) is 0 Å². The van der Waals surface area contributed by atoms with Crippen molar-refractivity contribution in [2.24, 2.45) is 0 Å². The lowest BCUT2D eigenvalue weighted by molar-refractivity contribution is 0.0985. The number of amides is 2. The zero-order chi connectivity index (χ0) is 17.9. The maximum absolute atomic E-state index is 13.0. The third kappa shape index (κ3) is 3.40. The summed E-state index contributed by atoms with van der Waals surface area (Å²) in [6, 6.07) is 14.7. The number of rotatable bonds is 3. The molecule has 1 aliphatic heterocycles. The minimum Gasteiger partial charge on any atom is -0.459 e. The van der Waals surface area contributed by atoms with E-state index in [4.69, 9.17) is 4.42 Å². The molecule has 0 saturated carbocycles. The number of anilines is 2. The Labute approximate surface area is 159 Å². The molecule has 0 saturated heterocycles. The average molecular weight is 384 g/mol. The van der Waals surface area contributed by atoms with Gasteiger partial charge in [-0.05, 0) is 48.6 Å². The number of furan rings is 1. The molecule has 0 spiro atoms. The molecule has 0 fully saturated rings. The number of para-hydroxylation sites is 1. The second-order valence-electron chi connectivity index (χ2n) is 5.72. The van der Waals surface area contributed by atoms with Crippen molar-refractivity contribution in [1.82, 2.24) is 0 Å². The molecule has 2 amide bonds. The van der Waals surface area contributed by atoms with E-state index in [0.29, 0.717) is 16.4 Å². The molecule has 0 unspecified atom stereocenters. The Hall–Kier alpha value is -2.51. The van der Waals surface area contributed by atoms with Crippen molar-refractivity contribution >= 4 is 45.6 Å². The smallest absolute Gasteiger partial charge is 0.291 e. The third-order valence-corrected chi connectivity index (χ3v) is 6.12. The number of thiophene rings is 1. The molecule has 1 N–H and O–H groups in total. The number of nitrogens with zero attached hydrogens (tertiary/aromatic N) is 1. The maximum atomic E-state index is 13.0. The van der Waals surface area contributed by atoms with Gasteiger partial charge in [0.15, 0.2) is 5.76 Å². The minimum absolute atomic E-state index is 0.0385. The van der Waals surface area contributed by atoms with Crippen molar-refractivity contribution < 1.29 is 14.0 Å². The second kappa shape index (κ2) is 7.39. The van der Waals surface area contributed by atoms with Gasteiger partial charge in [0.25, 0.3) is 11.8 Å². The fourth-order valence-electron chi connectivity index (χ4n) is 2.77. The highest BCUT2D eigenvalue weighted by Gasteiger charge is 2.24. The molecule has 132 valence electrons. The van der Waals surface area contributed by atoms with Crippen LogP contribution in [0.1, 0.15) is 26.6 Å². The van der Waals surface area contributed by atoms with Crippen LogP contribution in [0.2, 0.25) is 0 Å². The molecule has 7 heteroatoms. The van der Waals surface area contributed by atoms with Crippen LogP contribution in [0.3, 0.4) is 0 Å². The van der Waals surface area contributed by atoms with Gasteiger partial charge in [-0.3, -0.25) is 9.59 Å². The summed E-state index contributed by atoms with van der Waals surface area (Å²) in [6.07, 6.45) is 2.39. The average Bonchev–Trinajstić information content (AvgIpc) is 3.30. The first-order valence-electron chi connectivity index (χ1n) is 8.21. The predicted octanol–water partition coefficient (Wildman–Crippen LogP) is 4.74. The Morgan fingerprint density at radius 3 is 2.81 bits per heavy atom. The molecule has 1 aliphatic rings. The van der Waals surface area contributed by atoms with E-state index >= 15 is 0 Å². The monoisotopic (exact) mass is 384 g/mol. The Bertz CT molecular complexity index is 934. The van der Waals surface area contributed by atoms with Gasteiger partial charge >= 0.3 is 0 Å². The third-order valence-electron chi connectivity index (χ3n) is 3.98. The summed E-state index contributed by atoms with van der Waals surface area (Å²) >= 11 is 3.05. The SMILES string of the molecule is O=C(Nc1ccc(C(=O)N2CCCSc3ccccc32)s1)c1ccco1. The number of fused-ring (bicyclic) bond motifs is 1. The van der Waals surface area contributed by atoms with E-state index in [1.807, 2.05) is 23.1 Å². The van der Waals surface area contributed by atoms with E-state index in [1.54, 1.807) is 36.0 Å². The summed E-state index contributed by atoms with van der Waals surface area (Å²) in [6.45, 7) is 0.689. The van der Waals surface area contributed by atoms with Gasteiger partial charge in [-0.15, -0.1) is 23.1 Å². The normalized spacial score (nSPS) is 13.8. The molecule has 3 aromatic rings. The van der Waals surface area contributed by atoms with Gasteiger partial charge in [-0.2, -0.15) is 0 Å². The van der Waals surface area contributed by atoms with Gasteiger partial charge in [0.2, 0.25) is 0 Å². The summed E-state index contributed by atoms with van der Waals surface area (Å²) in [5.41, 5.74) is 0.953. The summed E-state index contributed by atoms with van der Waals surface area (Å²) in [7, 11) is 0. The largest absolute Gasteiger partial charge is 0.459 e. The van der Waals surface area contributed by atoms with Crippen LogP contribution in [0.5, 0.6) is 0 Å². The van der Waals surface area contributed by atoms with Gasteiger partial charge in [0.1, 0.15) is 0 Å². The van der Waals surface area contributed by atoms with Crippen molar-refractivity contribution in [2.75, 3.05) is 22.5 Å². The standard InChI is InChI=1S/C19H16N2O3S2/c22-18(14-6-3-11-24-14)20-17-9-8-16(26-17)19(23)21-10-4-12-25-15-7-2-1-5-13(15)21/h1-3,5-9,11H,4,10,12H2,(H,20,22). The number of carbonyl (C=O) groups excluding carboxylic acids is 2. The highest BCUT2D eigenvalue weighted by Crippen LogP contribution is 2.35. The van der Waals surface area contributed by atoms with Crippen LogP contribution in [-0.2, 0) is 0 Å². The number of nitrogens with one attached hydrogen (secondary N) is 1. The molecule has 26 heavy (non-hydrogen) atoms. The van der Waals surface area contributed by atoms with Crippen LogP contribution in [0, 0.1) is 0 Å². The Morgan fingerprint density at radius 1 is 1.08 bits per heavy atom. The number of carbonyl (C=O) groups is 2. The lowest BCUT2D eigenvalue weighted by Gasteiger charge is -2.21. The van der Waals surface area contributed by atoms with E-state index in [-0.39, 0.29) is 17.6 Å². The number of hydrogen-bond donors (Lipinski definition) is 1. The first kappa shape index (κ1) is 16.9. The lowest BCUT2D eigenvalue weighted by atomic mass is 10.2. The molecule has 0 aliphatic carbocycles. The van der Waals surface area contributed by atoms with Crippen LogP contribution in [0.25, 0.3) is 0 Å². The zero-order valence-corrected chi connectivity index (χ0v) is 15.4. The molecule has 4 rings (SSSR count). The van der Waals surface area contributed by atoms with Gasteiger partial charge in [0.05, 0.1) is 21.8 Å². The molecular weight excluding hydrogens is 368 g/mol. The topological polar surface area (TPSA) is 62.6 Å². The molecule has 0 bridgehead atoms. The first-order chi connectivity index (χ1) is 12.7. The van der Waals surface area contributed by atoms with E-state index in [9.17, 15) is 9.59 Å². The van der Waals surface area contributed by atoms with Crippen LogP contribution in [-0.4, -0.2) is 24.1 Å². The first-order valence-corrected chi connectivity index (χ1v) is 10.0.